The Morgan fingerprint density at radius 1 is 1.28 bits per heavy atom. The van der Waals surface area contributed by atoms with Crippen LogP contribution in [0.3, 0.4) is 0 Å². The molecule has 29 heavy (non-hydrogen) atoms. The van der Waals surface area contributed by atoms with E-state index in [0.717, 1.165) is 55.5 Å². The van der Waals surface area contributed by atoms with E-state index < -0.39 is 10.8 Å². The third kappa shape index (κ3) is 6.77. The molecule has 0 radical (unpaired) electrons. The average molecular weight is 530 g/mol. The summed E-state index contributed by atoms with van der Waals surface area (Å²) in [7, 11) is -0.727. The van der Waals surface area contributed by atoms with Gasteiger partial charge in [-0.3, -0.25) is 8.78 Å². The van der Waals surface area contributed by atoms with Crippen molar-refractivity contribution in [3.8, 4) is 5.69 Å². The molecule has 1 heterocycles. The van der Waals surface area contributed by atoms with Crippen LogP contribution < -0.4 is 10.6 Å². The molecule has 1 fully saturated rings. The molecule has 0 spiro atoms. The molecule has 2 aromatic rings. The van der Waals surface area contributed by atoms with E-state index in [2.05, 4.69) is 27.8 Å². The van der Waals surface area contributed by atoms with E-state index in [4.69, 9.17) is 4.99 Å². The Morgan fingerprint density at radius 2 is 2.07 bits per heavy atom. The van der Waals surface area contributed by atoms with Crippen molar-refractivity contribution in [3.63, 3.8) is 0 Å². The van der Waals surface area contributed by atoms with Crippen LogP contribution in [0, 0.1) is 0 Å². The summed E-state index contributed by atoms with van der Waals surface area (Å²) in [5, 5.41) is 15.4. The summed E-state index contributed by atoms with van der Waals surface area (Å²) in [5.41, 5.74) is 1.02. The van der Waals surface area contributed by atoms with Crippen molar-refractivity contribution in [2.75, 3.05) is 12.3 Å². The van der Waals surface area contributed by atoms with Crippen molar-refractivity contribution in [1.29, 1.82) is 0 Å². The Bertz CT molecular complexity index is 797. The minimum atomic E-state index is -0.727. The molecule has 2 N–H and O–H groups in total. The van der Waals surface area contributed by atoms with Gasteiger partial charge in [-0.1, -0.05) is 31.5 Å². The van der Waals surface area contributed by atoms with Crippen LogP contribution in [-0.4, -0.2) is 48.5 Å². The fourth-order valence-electron chi connectivity index (χ4n) is 3.58. The number of benzene rings is 1. The van der Waals surface area contributed by atoms with E-state index in [9.17, 15) is 4.21 Å². The van der Waals surface area contributed by atoms with Crippen LogP contribution in [-0.2, 0) is 17.3 Å². The molecule has 1 aromatic heterocycles. The topological polar surface area (TPSA) is 84.2 Å². The lowest BCUT2D eigenvalue weighted by molar-refractivity contribution is 0.413. The minimum Gasteiger partial charge on any atom is -0.357 e. The number of para-hydroxylation sites is 1. The highest BCUT2D eigenvalue weighted by Gasteiger charge is 2.26. The van der Waals surface area contributed by atoms with Crippen LogP contribution >= 0.6 is 24.0 Å². The molecule has 3 rings (SSSR count). The predicted octanol–water partition coefficient (Wildman–Crippen LogP) is 3.02. The van der Waals surface area contributed by atoms with Crippen LogP contribution in [0.15, 0.2) is 41.7 Å². The lowest BCUT2D eigenvalue weighted by Crippen LogP contribution is -2.46. The maximum Gasteiger partial charge on any atom is 0.191 e. The van der Waals surface area contributed by atoms with Gasteiger partial charge in [0.15, 0.2) is 11.8 Å². The monoisotopic (exact) mass is 530 g/mol. The first kappa shape index (κ1) is 23.8. The molecule has 3 unspecified atom stereocenters. The zero-order chi connectivity index (χ0) is 19.8. The van der Waals surface area contributed by atoms with Gasteiger partial charge in [-0.15, -0.1) is 34.2 Å². The van der Waals surface area contributed by atoms with Crippen LogP contribution in [0.25, 0.3) is 5.69 Å². The van der Waals surface area contributed by atoms with Crippen molar-refractivity contribution >= 4 is 40.7 Å². The molecule has 0 saturated heterocycles. The molecule has 0 bridgehead atoms. The Kier molecular flexibility index (Phi) is 10.1. The summed E-state index contributed by atoms with van der Waals surface area (Å²) in [6, 6.07) is 10.3. The fraction of sp³-hybridized carbons (Fsp3) is 0.550. The van der Waals surface area contributed by atoms with Crippen LogP contribution in [0.1, 0.15) is 45.4 Å². The summed E-state index contributed by atoms with van der Waals surface area (Å²) >= 11 is 0. The number of nitrogens with zero attached hydrogens (tertiary/aromatic N) is 4. The van der Waals surface area contributed by atoms with Gasteiger partial charge in [-0.05, 0) is 38.3 Å². The summed E-state index contributed by atoms with van der Waals surface area (Å²) in [4.78, 5) is 4.72. The lowest BCUT2D eigenvalue weighted by atomic mass is 9.95. The summed E-state index contributed by atoms with van der Waals surface area (Å²) < 4.78 is 14.1. The summed E-state index contributed by atoms with van der Waals surface area (Å²) in [5.74, 6) is 2.30. The number of halogens is 1. The van der Waals surface area contributed by atoms with Crippen molar-refractivity contribution in [2.24, 2.45) is 4.99 Å². The molecule has 0 aliphatic heterocycles. The largest absolute Gasteiger partial charge is 0.357 e. The second-order valence-electron chi connectivity index (χ2n) is 6.95. The molecule has 1 aliphatic rings. The molecule has 1 saturated carbocycles. The van der Waals surface area contributed by atoms with Crippen LogP contribution in [0.2, 0.25) is 0 Å². The highest BCUT2D eigenvalue weighted by molar-refractivity contribution is 14.0. The van der Waals surface area contributed by atoms with Gasteiger partial charge in [0, 0.05) is 40.1 Å². The smallest absolute Gasteiger partial charge is 0.191 e. The first-order valence-electron chi connectivity index (χ1n) is 10.1. The second-order valence-corrected chi connectivity index (χ2v) is 8.95. The standard InChI is InChI=1S/C20H30N6OS.HI/c1-3-21-20(24-16-9-8-12-18(13-16)28(27)4-2)22-14-19-25-23-15-26(19)17-10-6-5-7-11-17;/h5-7,10-11,15-16,18H,3-4,8-9,12-14H2,1-2H3,(H2,21,22,24);1H. The molecule has 1 aromatic carbocycles. The zero-order valence-corrected chi connectivity index (χ0v) is 20.2. The third-order valence-electron chi connectivity index (χ3n) is 5.00. The SMILES string of the molecule is CCNC(=NCc1nncn1-c1ccccc1)NC1CCCC(S(=O)CC)C1.I. The molecule has 3 atom stereocenters. The number of guanidine groups is 1. The van der Waals surface area contributed by atoms with Gasteiger partial charge in [-0.2, -0.15) is 0 Å². The van der Waals surface area contributed by atoms with Crippen molar-refractivity contribution in [2.45, 2.75) is 57.4 Å². The van der Waals surface area contributed by atoms with Gasteiger partial charge in [0.25, 0.3) is 0 Å². The van der Waals surface area contributed by atoms with Gasteiger partial charge < -0.3 is 10.6 Å². The normalized spacial score (nSPS) is 20.6. The molecule has 9 heteroatoms. The Labute approximate surface area is 192 Å². The summed E-state index contributed by atoms with van der Waals surface area (Å²) in [6.07, 6.45) is 5.90. The Hall–Kier alpha value is -1.49. The Morgan fingerprint density at radius 3 is 2.79 bits per heavy atom. The maximum atomic E-state index is 12.2. The van der Waals surface area contributed by atoms with Crippen LogP contribution in [0.5, 0.6) is 0 Å². The highest BCUT2D eigenvalue weighted by Crippen LogP contribution is 2.23. The van der Waals surface area contributed by atoms with Gasteiger partial charge in [-0.25, -0.2) is 4.99 Å². The molecule has 1 aliphatic carbocycles. The van der Waals surface area contributed by atoms with E-state index in [1.807, 2.05) is 41.8 Å². The average Bonchev–Trinajstić information content (AvgIpc) is 3.21. The second kappa shape index (κ2) is 12.3. The van der Waals surface area contributed by atoms with Gasteiger partial charge in [0.05, 0.1) is 0 Å². The molecule has 7 nitrogen and oxygen atoms in total. The molecule has 160 valence electrons. The number of rotatable bonds is 7. The molecular formula is C20H31IN6OS. The van der Waals surface area contributed by atoms with E-state index in [-0.39, 0.29) is 24.0 Å². The highest BCUT2D eigenvalue weighted by atomic mass is 127. The van der Waals surface area contributed by atoms with Gasteiger partial charge in [0.1, 0.15) is 12.9 Å². The minimum absolute atomic E-state index is 0. The maximum absolute atomic E-state index is 12.2. The fourth-order valence-corrected chi connectivity index (χ4v) is 4.93. The lowest BCUT2D eigenvalue weighted by Gasteiger charge is -2.30. The van der Waals surface area contributed by atoms with E-state index >= 15 is 0 Å². The Balaban J connectivity index is 0.00000300. The van der Waals surface area contributed by atoms with Gasteiger partial charge in [0.2, 0.25) is 0 Å². The number of hydrogen-bond donors (Lipinski definition) is 2. The quantitative estimate of drug-likeness (QED) is 0.327. The van der Waals surface area contributed by atoms with Crippen molar-refractivity contribution < 1.29 is 4.21 Å². The number of aromatic nitrogens is 3. The van der Waals surface area contributed by atoms with E-state index in [1.54, 1.807) is 6.33 Å². The number of aliphatic imine (C=N–C) groups is 1. The molecule has 0 amide bonds. The van der Waals surface area contributed by atoms with E-state index in [1.165, 1.54) is 0 Å². The van der Waals surface area contributed by atoms with Crippen molar-refractivity contribution in [1.82, 2.24) is 25.4 Å². The predicted molar refractivity (Wildman–Crippen MR) is 129 cm³/mol. The summed E-state index contributed by atoms with van der Waals surface area (Å²) in [6.45, 7) is 5.27. The van der Waals surface area contributed by atoms with Crippen molar-refractivity contribution in [3.05, 3.63) is 42.5 Å². The van der Waals surface area contributed by atoms with E-state index in [0.29, 0.717) is 17.8 Å². The third-order valence-corrected chi connectivity index (χ3v) is 6.74. The molecular weight excluding hydrogens is 499 g/mol. The number of nitrogens with one attached hydrogen (secondary N) is 2. The van der Waals surface area contributed by atoms with Gasteiger partial charge >= 0.3 is 0 Å². The first-order chi connectivity index (χ1) is 13.7. The zero-order valence-electron chi connectivity index (χ0n) is 17.1. The first-order valence-corrected chi connectivity index (χ1v) is 11.5. The van der Waals surface area contributed by atoms with Crippen LogP contribution in [0.4, 0.5) is 0 Å². The number of hydrogen-bond acceptors (Lipinski definition) is 4.